The number of pyridine rings is 1. The number of hydrogen-bond donors (Lipinski definition) is 3. The molecule has 5 fully saturated rings. The zero-order valence-electron chi connectivity index (χ0n) is 21.7. The number of ether oxygens (including phenoxy) is 2. The Labute approximate surface area is 218 Å². The predicted molar refractivity (Wildman–Crippen MR) is 143 cm³/mol. The maximum absolute atomic E-state index is 13.2. The average Bonchev–Trinajstić information content (AvgIpc) is 2.88. The highest BCUT2D eigenvalue weighted by atomic mass is 16.5. The number of morpholine rings is 1. The summed E-state index contributed by atoms with van der Waals surface area (Å²) in [6.07, 6.45) is 7.45. The van der Waals surface area contributed by atoms with Gasteiger partial charge in [0.25, 0.3) is 0 Å². The van der Waals surface area contributed by atoms with E-state index in [0.29, 0.717) is 19.1 Å². The van der Waals surface area contributed by atoms with Crippen LogP contribution in [0, 0.1) is 24.7 Å². The van der Waals surface area contributed by atoms with Gasteiger partial charge in [0.1, 0.15) is 12.4 Å². The lowest BCUT2D eigenvalue weighted by molar-refractivity contribution is -0.0127. The number of aliphatic hydroxyl groups is 1. The Bertz CT molecular complexity index is 1110. The van der Waals surface area contributed by atoms with Crippen LogP contribution in [0.5, 0.6) is 5.88 Å². The summed E-state index contributed by atoms with van der Waals surface area (Å²) in [7, 11) is 0. The third kappa shape index (κ3) is 5.27. The van der Waals surface area contributed by atoms with Gasteiger partial charge in [0.2, 0.25) is 5.88 Å². The minimum absolute atomic E-state index is 0.0243. The van der Waals surface area contributed by atoms with Crippen LogP contribution in [0.15, 0.2) is 30.3 Å². The predicted octanol–water partition coefficient (Wildman–Crippen LogP) is 4.36. The molecule has 2 amide bonds. The van der Waals surface area contributed by atoms with Crippen LogP contribution in [-0.2, 0) is 4.74 Å². The van der Waals surface area contributed by atoms with Crippen LogP contribution in [0.2, 0.25) is 0 Å². The van der Waals surface area contributed by atoms with E-state index in [1.165, 1.54) is 19.3 Å². The minimum Gasteiger partial charge on any atom is -0.475 e. The van der Waals surface area contributed by atoms with E-state index in [4.69, 9.17) is 9.47 Å². The number of aryl methyl sites for hydroxylation is 1. The number of carbonyl (C=O) groups excluding carboxylic acids is 1. The summed E-state index contributed by atoms with van der Waals surface area (Å²) in [4.78, 5) is 20.0. The number of aliphatic hydroxyl groups excluding tert-OH is 1. The summed E-state index contributed by atoms with van der Waals surface area (Å²) in [5, 5.41) is 15.8. The molecule has 0 unspecified atom stereocenters. The number of nitrogens with zero attached hydrogens (tertiary/aromatic N) is 2. The Kier molecular flexibility index (Phi) is 6.71. The molecule has 1 aromatic carbocycles. The van der Waals surface area contributed by atoms with E-state index in [9.17, 15) is 9.90 Å². The highest BCUT2D eigenvalue weighted by molar-refractivity contribution is 5.91. The number of anilines is 2. The normalized spacial score (nSPS) is 28.3. The van der Waals surface area contributed by atoms with Crippen LogP contribution in [-0.4, -0.2) is 61.2 Å². The highest BCUT2D eigenvalue weighted by Gasteiger charge is 2.51. The van der Waals surface area contributed by atoms with Crippen molar-refractivity contribution in [3.63, 3.8) is 0 Å². The van der Waals surface area contributed by atoms with E-state index in [0.717, 1.165) is 78.3 Å². The molecule has 198 valence electrons. The molecule has 4 saturated carbocycles. The molecule has 0 atom stereocenters. The Morgan fingerprint density at radius 2 is 1.81 bits per heavy atom. The van der Waals surface area contributed by atoms with E-state index in [-0.39, 0.29) is 24.8 Å². The number of urea groups is 1. The Balaban J connectivity index is 1.22. The molecular weight excluding hydrogens is 468 g/mol. The molecule has 4 bridgehead atoms. The van der Waals surface area contributed by atoms with Crippen molar-refractivity contribution in [2.45, 2.75) is 51.0 Å². The Hall–Kier alpha value is -2.84. The lowest BCUT2D eigenvalue weighted by Crippen LogP contribution is -2.60. The standard InChI is InChI=1S/C29H38N4O4/c1-19-2-3-24(30-28(35)32-29-16-20-10-21(17-29)12-22(11-20)18-29)15-25(19)23-13-26(33-4-7-36-8-5-33)31-27(14-23)37-9-6-34/h2-3,13-15,20-22,34H,4-12,16-18H2,1H3,(H2,30,32,35). The van der Waals surface area contributed by atoms with Gasteiger partial charge in [0.15, 0.2) is 0 Å². The molecule has 4 aliphatic carbocycles. The lowest BCUT2D eigenvalue weighted by Gasteiger charge is -2.56. The Morgan fingerprint density at radius 1 is 1.11 bits per heavy atom. The number of rotatable bonds is 7. The second-order valence-electron chi connectivity index (χ2n) is 11.5. The molecule has 2 heterocycles. The van der Waals surface area contributed by atoms with Crippen LogP contribution < -0.4 is 20.3 Å². The van der Waals surface area contributed by atoms with Crippen molar-refractivity contribution in [3.8, 4) is 17.0 Å². The maximum Gasteiger partial charge on any atom is 0.319 e. The number of nitrogens with one attached hydrogen (secondary N) is 2. The van der Waals surface area contributed by atoms with Gasteiger partial charge in [-0.15, -0.1) is 0 Å². The van der Waals surface area contributed by atoms with E-state index in [1.807, 2.05) is 24.3 Å². The van der Waals surface area contributed by atoms with Crippen LogP contribution in [0.25, 0.3) is 11.1 Å². The van der Waals surface area contributed by atoms with E-state index >= 15 is 0 Å². The summed E-state index contributed by atoms with van der Waals surface area (Å²) in [5.74, 6) is 3.66. The number of amides is 2. The first-order valence-corrected chi connectivity index (χ1v) is 13.8. The summed E-state index contributed by atoms with van der Waals surface area (Å²) >= 11 is 0. The molecular formula is C29H38N4O4. The first-order chi connectivity index (χ1) is 18.0. The molecule has 8 heteroatoms. The average molecular weight is 507 g/mol. The van der Waals surface area contributed by atoms with Crippen molar-refractivity contribution < 1.29 is 19.4 Å². The zero-order chi connectivity index (χ0) is 25.4. The second-order valence-corrected chi connectivity index (χ2v) is 11.5. The highest BCUT2D eigenvalue weighted by Crippen LogP contribution is 2.55. The van der Waals surface area contributed by atoms with Crippen LogP contribution in [0.4, 0.5) is 16.3 Å². The topological polar surface area (TPSA) is 96.0 Å². The fourth-order valence-electron chi connectivity index (χ4n) is 7.50. The first kappa shape index (κ1) is 24.5. The van der Waals surface area contributed by atoms with Crippen molar-refractivity contribution >= 4 is 17.5 Å². The van der Waals surface area contributed by atoms with Gasteiger partial charge in [-0.05, 0) is 98.1 Å². The van der Waals surface area contributed by atoms with Gasteiger partial charge in [0.05, 0.1) is 19.8 Å². The molecule has 3 N–H and O–H groups in total. The lowest BCUT2D eigenvalue weighted by atomic mass is 9.53. The van der Waals surface area contributed by atoms with Crippen LogP contribution >= 0.6 is 0 Å². The molecule has 7 rings (SSSR count). The van der Waals surface area contributed by atoms with Crippen LogP contribution in [0.1, 0.15) is 44.1 Å². The van der Waals surface area contributed by atoms with Crippen molar-refractivity contribution in [2.75, 3.05) is 49.7 Å². The Morgan fingerprint density at radius 3 is 2.49 bits per heavy atom. The van der Waals surface area contributed by atoms with E-state index in [1.54, 1.807) is 0 Å². The second kappa shape index (κ2) is 10.1. The van der Waals surface area contributed by atoms with E-state index in [2.05, 4.69) is 33.5 Å². The van der Waals surface area contributed by atoms with Gasteiger partial charge in [-0.1, -0.05) is 6.07 Å². The van der Waals surface area contributed by atoms with Gasteiger partial charge < -0.3 is 30.1 Å². The number of carbonyl (C=O) groups is 1. The number of benzene rings is 1. The van der Waals surface area contributed by atoms with Gasteiger partial charge >= 0.3 is 6.03 Å². The van der Waals surface area contributed by atoms with Crippen molar-refractivity contribution in [1.29, 1.82) is 0 Å². The molecule has 37 heavy (non-hydrogen) atoms. The van der Waals surface area contributed by atoms with Gasteiger partial charge in [-0.2, -0.15) is 4.98 Å². The van der Waals surface area contributed by atoms with Crippen molar-refractivity contribution in [1.82, 2.24) is 10.3 Å². The fourth-order valence-corrected chi connectivity index (χ4v) is 7.50. The summed E-state index contributed by atoms with van der Waals surface area (Å²) in [6.45, 7) is 5.03. The number of hydrogen-bond acceptors (Lipinski definition) is 6. The first-order valence-electron chi connectivity index (χ1n) is 13.8. The SMILES string of the molecule is Cc1ccc(NC(=O)NC23CC4CC(CC(C4)C2)C3)cc1-c1cc(OCCO)nc(N2CCOCC2)c1. The van der Waals surface area contributed by atoms with E-state index < -0.39 is 0 Å². The van der Waals surface area contributed by atoms with Gasteiger partial charge in [0, 0.05) is 30.4 Å². The quantitative estimate of drug-likeness (QED) is 0.517. The minimum atomic E-state index is -0.104. The molecule has 0 radical (unpaired) electrons. The molecule has 8 nitrogen and oxygen atoms in total. The van der Waals surface area contributed by atoms with Crippen molar-refractivity contribution in [2.24, 2.45) is 17.8 Å². The maximum atomic E-state index is 13.2. The third-order valence-corrected chi connectivity index (χ3v) is 8.69. The van der Waals surface area contributed by atoms with Gasteiger partial charge in [-0.25, -0.2) is 4.79 Å². The molecule has 1 saturated heterocycles. The van der Waals surface area contributed by atoms with Crippen LogP contribution in [0.3, 0.4) is 0 Å². The summed E-state index contributed by atoms with van der Waals surface area (Å²) in [6, 6.07) is 9.90. The molecule has 1 aliphatic heterocycles. The fraction of sp³-hybridized carbons (Fsp3) is 0.586. The number of aromatic nitrogens is 1. The third-order valence-electron chi connectivity index (χ3n) is 8.69. The zero-order valence-corrected chi connectivity index (χ0v) is 21.7. The molecule has 5 aliphatic rings. The summed E-state index contributed by atoms with van der Waals surface area (Å²) in [5.41, 5.74) is 3.82. The summed E-state index contributed by atoms with van der Waals surface area (Å²) < 4.78 is 11.2. The van der Waals surface area contributed by atoms with Gasteiger partial charge in [-0.3, -0.25) is 0 Å². The molecule has 2 aromatic rings. The largest absolute Gasteiger partial charge is 0.475 e. The smallest absolute Gasteiger partial charge is 0.319 e. The molecule has 0 spiro atoms. The monoisotopic (exact) mass is 506 g/mol. The van der Waals surface area contributed by atoms with Crippen molar-refractivity contribution in [3.05, 3.63) is 35.9 Å². The molecule has 1 aromatic heterocycles.